The third-order valence-corrected chi connectivity index (χ3v) is 2.51. The molecule has 0 aromatic heterocycles. The van der Waals surface area contributed by atoms with Gasteiger partial charge in [-0.15, -0.1) is 0 Å². The standard InChI is InChI=1S/C11H13NO3/c1-7-2-4-8(5-3-7)10-9(6-13)12-11(14)15-10/h2-5,9-10,13H,6H2,1H3,(H,12,14)/t9-,10-/m1/s1. The first-order valence-electron chi connectivity index (χ1n) is 4.85. The molecule has 4 nitrogen and oxygen atoms in total. The molecule has 15 heavy (non-hydrogen) atoms. The Hall–Kier alpha value is -1.55. The van der Waals surface area contributed by atoms with Crippen LogP contribution < -0.4 is 5.32 Å². The van der Waals surface area contributed by atoms with Gasteiger partial charge < -0.3 is 15.2 Å². The maximum absolute atomic E-state index is 11.0. The largest absolute Gasteiger partial charge is 0.439 e. The first kappa shape index (κ1) is 9.98. The molecule has 1 aliphatic heterocycles. The van der Waals surface area contributed by atoms with Crippen LogP contribution in [-0.2, 0) is 4.74 Å². The lowest BCUT2D eigenvalue weighted by atomic mass is 10.0. The molecule has 1 amide bonds. The van der Waals surface area contributed by atoms with Crippen LogP contribution in [0.2, 0.25) is 0 Å². The molecule has 1 aromatic carbocycles. The number of hydrogen-bond acceptors (Lipinski definition) is 3. The van der Waals surface area contributed by atoms with Crippen molar-refractivity contribution in [3.8, 4) is 0 Å². The molecule has 2 N–H and O–H groups in total. The van der Waals surface area contributed by atoms with Gasteiger partial charge in [0.15, 0.2) is 6.10 Å². The Labute approximate surface area is 87.9 Å². The molecule has 1 saturated heterocycles. The second-order valence-electron chi connectivity index (χ2n) is 3.67. The number of aliphatic hydroxyl groups is 1. The summed E-state index contributed by atoms with van der Waals surface area (Å²) in [5, 5.41) is 11.6. The maximum Gasteiger partial charge on any atom is 0.408 e. The highest BCUT2D eigenvalue weighted by atomic mass is 16.6. The molecule has 0 saturated carbocycles. The Morgan fingerprint density at radius 3 is 2.67 bits per heavy atom. The molecule has 0 aliphatic carbocycles. The molecule has 4 heteroatoms. The van der Waals surface area contributed by atoms with E-state index in [-0.39, 0.29) is 18.8 Å². The van der Waals surface area contributed by atoms with Crippen molar-refractivity contribution in [1.29, 1.82) is 0 Å². The van der Waals surface area contributed by atoms with E-state index in [1.807, 2.05) is 31.2 Å². The monoisotopic (exact) mass is 207 g/mol. The maximum atomic E-state index is 11.0. The van der Waals surface area contributed by atoms with Gasteiger partial charge in [0.05, 0.1) is 12.6 Å². The summed E-state index contributed by atoms with van der Waals surface area (Å²) in [6.07, 6.45) is -0.859. The highest BCUT2D eigenvalue weighted by Gasteiger charge is 2.34. The summed E-state index contributed by atoms with van der Waals surface area (Å²) >= 11 is 0. The molecule has 80 valence electrons. The Morgan fingerprint density at radius 2 is 2.07 bits per heavy atom. The van der Waals surface area contributed by atoms with Crippen molar-refractivity contribution in [3.05, 3.63) is 35.4 Å². The molecule has 1 heterocycles. The highest BCUT2D eigenvalue weighted by Crippen LogP contribution is 2.26. The minimum absolute atomic E-state index is 0.121. The Morgan fingerprint density at radius 1 is 1.40 bits per heavy atom. The molecule has 2 atom stereocenters. The number of aryl methyl sites for hydroxylation is 1. The van der Waals surface area contributed by atoms with Gasteiger partial charge in [-0.05, 0) is 12.5 Å². The van der Waals surface area contributed by atoms with Crippen LogP contribution in [0.3, 0.4) is 0 Å². The zero-order chi connectivity index (χ0) is 10.8. The van der Waals surface area contributed by atoms with Crippen LogP contribution >= 0.6 is 0 Å². The van der Waals surface area contributed by atoms with Crippen molar-refractivity contribution in [1.82, 2.24) is 5.32 Å². The molecule has 1 aromatic rings. The number of nitrogens with one attached hydrogen (secondary N) is 1. The van der Waals surface area contributed by atoms with Crippen molar-refractivity contribution in [2.24, 2.45) is 0 Å². The van der Waals surface area contributed by atoms with Gasteiger partial charge in [-0.2, -0.15) is 0 Å². The number of cyclic esters (lactones) is 1. The fourth-order valence-corrected chi connectivity index (χ4v) is 1.66. The number of carbonyl (C=O) groups excluding carboxylic acids is 1. The highest BCUT2D eigenvalue weighted by molar-refractivity contribution is 5.70. The predicted octanol–water partition coefficient (Wildman–Crippen LogP) is 1.14. The molecule has 2 rings (SSSR count). The van der Waals surface area contributed by atoms with E-state index >= 15 is 0 Å². The Kier molecular flexibility index (Phi) is 2.60. The number of amides is 1. The number of ether oxygens (including phenoxy) is 1. The molecule has 0 unspecified atom stereocenters. The van der Waals surface area contributed by atoms with Crippen molar-refractivity contribution >= 4 is 6.09 Å². The first-order chi connectivity index (χ1) is 7.20. The normalized spacial score (nSPS) is 24.8. The molecular formula is C11H13NO3. The smallest absolute Gasteiger partial charge is 0.408 e. The lowest BCUT2D eigenvalue weighted by Crippen LogP contribution is -2.31. The quantitative estimate of drug-likeness (QED) is 0.764. The number of carbonyl (C=O) groups is 1. The SMILES string of the molecule is Cc1ccc([C@H]2OC(=O)N[C@@H]2CO)cc1. The summed E-state index contributed by atoms with van der Waals surface area (Å²) in [6, 6.07) is 7.37. The fourth-order valence-electron chi connectivity index (χ4n) is 1.66. The van der Waals surface area contributed by atoms with Gasteiger partial charge in [-0.1, -0.05) is 29.8 Å². The summed E-state index contributed by atoms with van der Waals surface area (Å²) in [7, 11) is 0. The zero-order valence-corrected chi connectivity index (χ0v) is 8.43. The molecule has 1 fully saturated rings. The van der Waals surface area contributed by atoms with Gasteiger partial charge in [0.2, 0.25) is 0 Å². The number of hydrogen-bond donors (Lipinski definition) is 2. The van der Waals surface area contributed by atoms with Crippen LogP contribution in [0, 0.1) is 6.92 Å². The summed E-state index contributed by atoms with van der Waals surface area (Å²) in [6.45, 7) is 1.87. The van der Waals surface area contributed by atoms with E-state index < -0.39 is 6.09 Å². The summed E-state index contributed by atoms with van der Waals surface area (Å²) < 4.78 is 5.08. The second-order valence-corrected chi connectivity index (χ2v) is 3.67. The molecule has 1 aliphatic rings. The minimum atomic E-state index is -0.473. The minimum Gasteiger partial charge on any atom is -0.439 e. The van der Waals surface area contributed by atoms with E-state index in [9.17, 15) is 4.79 Å². The summed E-state index contributed by atoms with van der Waals surface area (Å²) in [4.78, 5) is 11.0. The van der Waals surface area contributed by atoms with Crippen molar-refractivity contribution in [3.63, 3.8) is 0 Å². The molecule has 0 spiro atoms. The Balaban J connectivity index is 2.22. The van der Waals surface area contributed by atoms with Gasteiger partial charge in [-0.25, -0.2) is 4.79 Å². The van der Waals surface area contributed by atoms with Crippen LogP contribution in [0.5, 0.6) is 0 Å². The van der Waals surface area contributed by atoms with Crippen molar-refractivity contribution < 1.29 is 14.6 Å². The van der Waals surface area contributed by atoms with Crippen molar-refractivity contribution in [2.75, 3.05) is 6.61 Å². The van der Waals surface area contributed by atoms with E-state index in [0.29, 0.717) is 0 Å². The van der Waals surface area contributed by atoms with E-state index in [4.69, 9.17) is 9.84 Å². The third kappa shape index (κ3) is 1.94. The van der Waals surface area contributed by atoms with Crippen LogP contribution in [0.1, 0.15) is 17.2 Å². The van der Waals surface area contributed by atoms with Crippen LogP contribution in [0.25, 0.3) is 0 Å². The lowest BCUT2D eigenvalue weighted by Gasteiger charge is -2.14. The summed E-state index contributed by atoms with van der Waals surface area (Å²) in [5.41, 5.74) is 2.05. The molecular weight excluding hydrogens is 194 g/mol. The van der Waals surface area contributed by atoms with Gasteiger partial charge in [-0.3, -0.25) is 0 Å². The topological polar surface area (TPSA) is 58.6 Å². The van der Waals surface area contributed by atoms with E-state index in [2.05, 4.69) is 5.32 Å². The second kappa shape index (κ2) is 3.90. The van der Waals surface area contributed by atoms with Gasteiger partial charge >= 0.3 is 6.09 Å². The number of benzene rings is 1. The Bertz CT molecular complexity index is 361. The van der Waals surface area contributed by atoms with Gasteiger partial charge in [0, 0.05) is 0 Å². The zero-order valence-electron chi connectivity index (χ0n) is 8.43. The van der Waals surface area contributed by atoms with Gasteiger partial charge in [0.1, 0.15) is 0 Å². The first-order valence-corrected chi connectivity index (χ1v) is 4.85. The number of alkyl carbamates (subject to hydrolysis) is 1. The number of rotatable bonds is 2. The average Bonchev–Trinajstić information content (AvgIpc) is 2.61. The molecule has 0 bridgehead atoms. The molecule has 0 radical (unpaired) electrons. The average molecular weight is 207 g/mol. The predicted molar refractivity (Wildman–Crippen MR) is 54.4 cm³/mol. The van der Waals surface area contributed by atoms with Crippen molar-refractivity contribution in [2.45, 2.75) is 19.1 Å². The van der Waals surface area contributed by atoms with E-state index in [0.717, 1.165) is 11.1 Å². The van der Waals surface area contributed by atoms with E-state index in [1.54, 1.807) is 0 Å². The van der Waals surface area contributed by atoms with Gasteiger partial charge in [0.25, 0.3) is 0 Å². The fraction of sp³-hybridized carbons (Fsp3) is 0.364. The lowest BCUT2D eigenvalue weighted by molar-refractivity contribution is 0.119. The number of aliphatic hydroxyl groups excluding tert-OH is 1. The summed E-state index contributed by atoms with van der Waals surface area (Å²) in [5.74, 6) is 0. The van der Waals surface area contributed by atoms with Crippen LogP contribution in [0.4, 0.5) is 4.79 Å². The van der Waals surface area contributed by atoms with Crippen LogP contribution in [-0.4, -0.2) is 23.8 Å². The van der Waals surface area contributed by atoms with Crippen LogP contribution in [0.15, 0.2) is 24.3 Å². The van der Waals surface area contributed by atoms with E-state index in [1.165, 1.54) is 0 Å². The third-order valence-electron chi connectivity index (χ3n) is 2.51.